The molecule has 1 aromatic carbocycles. The van der Waals surface area contributed by atoms with E-state index < -0.39 is 0 Å². The molecular formula is C16H22Cl2N2O2. The topological polar surface area (TPSA) is 49.4 Å². The van der Waals surface area contributed by atoms with Crippen molar-refractivity contribution in [2.75, 3.05) is 18.0 Å². The molecule has 1 rings (SSSR count). The Bertz CT molecular complexity index is 511. The van der Waals surface area contributed by atoms with E-state index in [1.54, 1.807) is 18.2 Å². The average molecular weight is 345 g/mol. The predicted molar refractivity (Wildman–Crippen MR) is 91.6 cm³/mol. The third-order valence-corrected chi connectivity index (χ3v) is 4.19. The lowest BCUT2D eigenvalue weighted by Crippen LogP contribution is -2.39. The van der Waals surface area contributed by atoms with Crippen molar-refractivity contribution in [2.45, 2.75) is 33.6 Å². The van der Waals surface area contributed by atoms with Gasteiger partial charge in [-0.05, 0) is 25.0 Å². The van der Waals surface area contributed by atoms with Gasteiger partial charge in [0.05, 0.1) is 15.7 Å². The molecule has 22 heavy (non-hydrogen) atoms. The second-order valence-electron chi connectivity index (χ2n) is 5.05. The van der Waals surface area contributed by atoms with Crippen molar-refractivity contribution in [3.63, 3.8) is 0 Å². The minimum atomic E-state index is -0.174. The Balaban J connectivity index is 2.75. The maximum Gasteiger partial charge on any atom is 0.224 e. The van der Waals surface area contributed by atoms with Crippen LogP contribution in [0.3, 0.4) is 0 Å². The molecule has 0 heterocycles. The minimum absolute atomic E-state index is 0.00896. The van der Waals surface area contributed by atoms with E-state index in [0.717, 1.165) is 12.8 Å². The lowest BCUT2D eigenvalue weighted by molar-refractivity contribution is -0.125. The summed E-state index contributed by atoms with van der Waals surface area (Å²) in [5, 5.41) is 3.68. The van der Waals surface area contributed by atoms with Crippen molar-refractivity contribution < 1.29 is 9.59 Å². The summed E-state index contributed by atoms with van der Waals surface area (Å²) in [6.45, 7) is 6.10. The molecule has 1 aromatic rings. The highest BCUT2D eigenvalue weighted by Crippen LogP contribution is 2.33. The van der Waals surface area contributed by atoms with Crippen molar-refractivity contribution in [1.29, 1.82) is 0 Å². The number of nitrogens with zero attached hydrogens (tertiary/aromatic N) is 1. The molecule has 1 N–H and O–H groups in total. The zero-order valence-corrected chi connectivity index (χ0v) is 14.7. The number of benzene rings is 1. The number of rotatable bonds is 7. The van der Waals surface area contributed by atoms with Crippen LogP contribution in [-0.4, -0.2) is 24.9 Å². The summed E-state index contributed by atoms with van der Waals surface area (Å²) >= 11 is 12.3. The van der Waals surface area contributed by atoms with E-state index >= 15 is 0 Å². The Morgan fingerprint density at radius 1 is 1.18 bits per heavy atom. The summed E-state index contributed by atoms with van der Waals surface area (Å²) in [5.74, 6) is -0.153. The second kappa shape index (κ2) is 9.01. The van der Waals surface area contributed by atoms with Crippen molar-refractivity contribution in [3.8, 4) is 0 Å². The van der Waals surface area contributed by atoms with Crippen LogP contribution < -0.4 is 10.2 Å². The zero-order valence-electron chi connectivity index (χ0n) is 13.2. The second-order valence-corrected chi connectivity index (χ2v) is 5.86. The molecule has 6 heteroatoms. The standard InChI is InChI=1S/C16H22Cl2N2O2/c1-4-12(5-2)16(22)19-9-10-20(11(3)21)15-13(17)7-6-8-14(15)18/h6-8,12H,4-5,9-10H2,1-3H3,(H,19,22). The molecule has 0 aliphatic carbocycles. The van der Waals surface area contributed by atoms with Crippen LogP contribution in [0.15, 0.2) is 18.2 Å². The molecule has 0 radical (unpaired) electrons. The lowest BCUT2D eigenvalue weighted by Gasteiger charge is -2.24. The van der Waals surface area contributed by atoms with E-state index in [9.17, 15) is 9.59 Å². The highest BCUT2D eigenvalue weighted by atomic mass is 35.5. The summed E-state index contributed by atoms with van der Waals surface area (Å²) in [4.78, 5) is 25.3. The number of hydrogen-bond donors (Lipinski definition) is 1. The molecular weight excluding hydrogens is 323 g/mol. The van der Waals surface area contributed by atoms with Crippen molar-refractivity contribution >= 4 is 40.7 Å². The number of anilines is 1. The van der Waals surface area contributed by atoms with Gasteiger partial charge in [-0.2, -0.15) is 0 Å². The molecule has 0 spiro atoms. The highest BCUT2D eigenvalue weighted by Gasteiger charge is 2.19. The molecule has 0 aromatic heterocycles. The Labute approximate surface area is 141 Å². The molecule has 0 fully saturated rings. The Morgan fingerprint density at radius 3 is 2.18 bits per heavy atom. The SMILES string of the molecule is CCC(CC)C(=O)NCCN(C(C)=O)c1c(Cl)cccc1Cl. The first-order valence-electron chi connectivity index (χ1n) is 7.42. The first kappa shape index (κ1) is 18.8. The first-order chi connectivity index (χ1) is 10.4. The summed E-state index contributed by atoms with van der Waals surface area (Å²) in [7, 11) is 0. The van der Waals surface area contributed by atoms with Crippen LogP contribution in [-0.2, 0) is 9.59 Å². The molecule has 0 bridgehead atoms. The molecule has 122 valence electrons. The number of halogens is 2. The van der Waals surface area contributed by atoms with Crippen LogP contribution in [0.1, 0.15) is 33.6 Å². The third-order valence-electron chi connectivity index (χ3n) is 3.58. The average Bonchev–Trinajstić information content (AvgIpc) is 2.46. The van der Waals surface area contributed by atoms with Gasteiger partial charge < -0.3 is 10.2 Å². The van der Waals surface area contributed by atoms with E-state index in [1.165, 1.54) is 11.8 Å². The molecule has 0 aliphatic heterocycles. The van der Waals surface area contributed by atoms with Crippen LogP contribution in [0.25, 0.3) is 0 Å². The number of amides is 2. The van der Waals surface area contributed by atoms with Crippen LogP contribution in [0.4, 0.5) is 5.69 Å². The summed E-state index contributed by atoms with van der Waals surface area (Å²) < 4.78 is 0. The van der Waals surface area contributed by atoms with Crippen LogP contribution >= 0.6 is 23.2 Å². The Kier molecular flexibility index (Phi) is 7.69. The van der Waals surface area contributed by atoms with E-state index in [4.69, 9.17) is 23.2 Å². The van der Waals surface area contributed by atoms with Gasteiger partial charge in [-0.3, -0.25) is 9.59 Å². The first-order valence-corrected chi connectivity index (χ1v) is 8.17. The summed E-state index contributed by atoms with van der Waals surface area (Å²) in [6.07, 6.45) is 1.60. The maximum absolute atomic E-state index is 12.0. The number of carbonyl (C=O) groups is 2. The highest BCUT2D eigenvalue weighted by molar-refractivity contribution is 6.39. The Morgan fingerprint density at radius 2 is 1.73 bits per heavy atom. The fourth-order valence-electron chi connectivity index (χ4n) is 2.27. The molecule has 0 unspecified atom stereocenters. The van der Waals surface area contributed by atoms with Crippen LogP contribution in [0.2, 0.25) is 10.0 Å². The predicted octanol–water partition coefficient (Wildman–Crippen LogP) is 3.90. The number of carbonyl (C=O) groups excluding carboxylic acids is 2. The van der Waals surface area contributed by atoms with Crippen molar-refractivity contribution in [3.05, 3.63) is 28.2 Å². The Hall–Kier alpha value is -1.26. The molecule has 0 saturated heterocycles. The summed E-state index contributed by atoms with van der Waals surface area (Å²) in [5.41, 5.74) is 0.482. The molecule has 0 aliphatic rings. The number of nitrogens with one attached hydrogen (secondary N) is 1. The number of hydrogen-bond acceptors (Lipinski definition) is 2. The van der Waals surface area contributed by atoms with Gasteiger partial charge in [-0.15, -0.1) is 0 Å². The third kappa shape index (κ3) is 4.89. The smallest absolute Gasteiger partial charge is 0.224 e. The summed E-state index contributed by atoms with van der Waals surface area (Å²) in [6, 6.07) is 5.09. The van der Waals surface area contributed by atoms with E-state index in [-0.39, 0.29) is 17.7 Å². The van der Waals surface area contributed by atoms with E-state index in [2.05, 4.69) is 5.32 Å². The van der Waals surface area contributed by atoms with E-state index in [1.807, 2.05) is 13.8 Å². The molecule has 0 saturated carbocycles. The van der Waals surface area contributed by atoms with Gasteiger partial charge in [0, 0.05) is 25.9 Å². The molecule has 2 amide bonds. The quantitative estimate of drug-likeness (QED) is 0.815. The fourth-order valence-corrected chi connectivity index (χ4v) is 2.87. The van der Waals surface area contributed by atoms with Crippen molar-refractivity contribution in [2.24, 2.45) is 5.92 Å². The largest absolute Gasteiger partial charge is 0.354 e. The van der Waals surface area contributed by atoms with Gasteiger partial charge in [-0.25, -0.2) is 0 Å². The van der Waals surface area contributed by atoms with Crippen LogP contribution in [0, 0.1) is 5.92 Å². The molecule has 0 atom stereocenters. The fraction of sp³-hybridized carbons (Fsp3) is 0.500. The van der Waals surface area contributed by atoms with Gasteiger partial charge in [0.1, 0.15) is 0 Å². The monoisotopic (exact) mass is 344 g/mol. The minimum Gasteiger partial charge on any atom is -0.354 e. The maximum atomic E-state index is 12.0. The number of para-hydroxylation sites is 1. The van der Waals surface area contributed by atoms with E-state index in [0.29, 0.717) is 28.8 Å². The molecule has 4 nitrogen and oxygen atoms in total. The van der Waals surface area contributed by atoms with Crippen LogP contribution in [0.5, 0.6) is 0 Å². The van der Waals surface area contributed by atoms with Gasteiger partial charge in [-0.1, -0.05) is 43.1 Å². The van der Waals surface area contributed by atoms with Gasteiger partial charge in [0.2, 0.25) is 11.8 Å². The van der Waals surface area contributed by atoms with Gasteiger partial charge in [0.15, 0.2) is 0 Å². The van der Waals surface area contributed by atoms with Gasteiger partial charge >= 0.3 is 0 Å². The normalized spacial score (nSPS) is 10.6. The zero-order chi connectivity index (χ0) is 16.7. The lowest BCUT2D eigenvalue weighted by atomic mass is 10.0. The van der Waals surface area contributed by atoms with Gasteiger partial charge in [0.25, 0.3) is 0 Å². The van der Waals surface area contributed by atoms with Crippen molar-refractivity contribution in [1.82, 2.24) is 5.32 Å².